The van der Waals surface area contributed by atoms with Crippen LogP contribution in [-0.2, 0) is 19.6 Å². The summed E-state index contributed by atoms with van der Waals surface area (Å²) in [6.07, 6.45) is -0.305. The first-order valence-corrected chi connectivity index (χ1v) is 5.53. The van der Waals surface area contributed by atoms with Crippen LogP contribution in [0.3, 0.4) is 0 Å². The molecule has 0 bridgehead atoms. The third-order valence-corrected chi connectivity index (χ3v) is 1.67. The van der Waals surface area contributed by atoms with E-state index >= 15 is 0 Å². The molecular formula is C6H12NO6S-. The summed E-state index contributed by atoms with van der Waals surface area (Å²) >= 11 is 0. The summed E-state index contributed by atoms with van der Waals surface area (Å²) in [5.41, 5.74) is 0. The third-order valence-electron chi connectivity index (χ3n) is 1.08. The van der Waals surface area contributed by atoms with Crippen LogP contribution in [0.2, 0.25) is 0 Å². The van der Waals surface area contributed by atoms with E-state index < -0.39 is 35.2 Å². The van der Waals surface area contributed by atoms with Gasteiger partial charge >= 0.3 is 0 Å². The van der Waals surface area contributed by atoms with Gasteiger partial charge in [0.15, 0.2) is 0 Å². The lowest BCUT2D eigenvalue weighted by molar-refractivity contribution is -0.144. The molecule has 0 aromatic heterocycles. The second-order valence-electron chi connectivity index (χ2n) is 2.54. The fourth-order valence-electron chi connectivity index (χ4n) is 0.457. The molecule has 1 atom stereocenters. The Morgan fingerprint density at radius 1 is 1.57 bits per heavy atom. The van der Waals surface area contributed by atoms with Gasteiger partial charge in [-0.1, -0.05) is 0 Å². The second-order valence-corrected chi connectivity index (χ2v) is 4.26. The Hall–Kier alpha value is -0.700. The lowest BCUT2D eigenvalue weighted by Crippen LogP contribution is -2.23. The Kier molecular flexibility index (Phi) is 5.62. The normalized spacial score (nSPS) is 13.6. The van der Waals surface area contributed by atoms with Gasteiger partial charge in [-0.05, 0) is 6.54 Å². The lowest BCUT2D eigenvalue weighted by Gasteiger charge is -2.15. The Bertz CT molecular complexity index is 274. The van der Waals surface area contributed by atoms with Crippen LogP contribution in [0.25, 0.3) is 4.72 Å². The summed E-state index contributed by atoms with van der Waals surface area (Å²) in [6.45, 7) is -1.53. The number of rotatable bonds is 6. The molecule has 0 heterocycles. The highest BCUT2D eigenvalue weighted by Gasteiger charge is 2.04. The van der Waals surface area contributed by atoms with Gasteiger partial charge in [-0.2, -0.15) is 0 Å². The molecule has 7 nitrogen and oxygen atoms in total. The Morgan fingerprint density at radius 3 is 2.57 bits per heavy atom. The van der Waals surface area contributed by atoms with E-state index in [1.165, 1.54) is 0 Å². The van der Waals surface area contributed by atoms with E-state index in [0.717, 1.165) is 6.26 Å². The van der Waals surface area contributed by atoms with Gasteiger partial charge < -0.3 is 19.7 Å². The molecule has 0 aromatic carbocycles. The average molecular weight is 226 g/mol. The van der Waals surface area contributed by atoms with E-state index in [0.29, 0.717) is 0 Å². The van der Waals surface area contributed by atoms with Crippen LogP contribution in [0.5, 0.6) is 0 Å². The Labute approximate surface area is 81.7 Å². The number of aliphatic hydroxyl groups excluding tert-OH is 2. The van der Waals surface area contributed by atoms with Crippen LogP contribution in [0.15, 0.2) is 0 Å². The van der Waals surface area contributed by atoms with E-state index in [2.05, 4.69) is 9.46 Å². The van der Waals surface area contributed by atoms with E-state index in [1.807, 2.05) is 0 Å². The monoisotopic (exact) mass is 226 g/mol. The summed E-state index contributed by atoms with van der Waals surface area (Å²) in [5, 5.41) is 17.1. The quantitative estimate of drug-likeness (QED) is 0.517. The molecule has 0 radical (unpaired) electrons. The van der Waals surface area contributed by atoms with Gasteiger partial charge in [0.1, 0.15) is 12.7 Å². The summed E-state index contributed by atoms with van der Waals surface area (Å²) in [7, 11) is -3.55. The van der Waals surface area contributed by atoms with Crippen molar-refractivity contribution in [3.63, 3.8) is 0 Å². The van der Waals surface area contributed by atoms with Crippen molar-refractivity contribution in [3.8, 4) is 0 Å². The van der Waals surface area contributed by atoms with Crippen molar-refractivity contribution in [3.05, 3.63) is 4.72 Å². The van der Waals surface area contributed by atoms with Crippen LogP contribution in [0, 0.1) is 0 Å². The van der Waals surface area contributed by atoms with E-state index in [9.17, 15) is 13.2 Å². The predicted octanol–water partition coefficient (Wildman–Crippen LogP) is -1.78. The van der Waals surface area contributed by atoms with Crippen molar-refractivity contribution in [2.24, 2.45) is 0 Å². The maximum Gasteiger partial charge on any atom is 0.285 e. The van der Waals surface area contributed by atoms with Crippen LogP contribution < -0.4 is 0 Å². The zero-order valence-corrected chi connectivity index (χ0v) is 8.40. The molecule has 1 unspecified atom stereocenters. The molecule has 0 aromatic rings. The lowest BCUT2D eigenvalue weighted by atomic mass is 10.4. The molecule has 0 saturated heterocycles. The van der Waals surface area contributed by atoms with Gasteiger partial charge in [0.2, 0.25) is 0 Å². The summed E-state index contributed by atoms with van der Waals surface area (Å²) in [5.74, 6) is -0.872. The van der Waals surface area contributed by atoms with Crippen LogP contribution in [0.1, 0.15) is 0 Å². The minimum atomic E-state index is -3.55. The maximum atomic E-state index is 10.7. The van der Waals surface area contributed by atoms with Gasteiger partial charge in [-0.15, -0.1) is 0 Å². The second kappa shape index (κ2) is 5.91. The van der Waals surface area contributed by atoms with Crippen molar-refractivity contribution in [1.82, 2.24) is 0 Å². The SMILES string of the molecule is CS(=O)(=O)[N-]CC(=O)OCC(O)CO. The van der Waals surface area contributed by atoms with Crippen molar-refractivity contribution in [1.29, 1.82) is 0 Å². The molecule has 0 saturated carbocycles. The molecule has 8 heteroatoms. The molecule has 0 spiro atoms. The summed E-state index contributed by atoms with van der Waals surface area (Å²) < 4.78 is 28.3. The van der Waals surface area contributed by atoms with Gasteiger partial charge in [-0.25, -0.2) is 8.42 Å². The van der Waals surface area contributed by atoms with E-state index in [4.69, 9.17) is 10.2 Å². The van der Waals surface area contributed by atoms with Crippen LogP contribution in [-0.4, -0.2) is 56.7 Å². The summed E-state index contributed by atoms with van der Waals surface area (Å²) in [6, 6.07) is 0. The third kappa shape index (κ3) is 7.92. The van der Waals surface area contributed by atoms with Crippen molar-refractivity contribution < 1.29 is 28.2 Å². The van der Waals surface area contributed by atoms with E-state index in [1.54, 1.807) is 0 Å². The highest BCUT2D eigenvalue weighted by atomic mass is 32.2. The first kappa shape index (κ1) is 13.3. The molecule has 84 valence electrons. The fourth-order valence-corrected chi connectivity index (χ4v) is 0.797. The number of aliphatic hydroxyl groups is 2. The number of hydrogen-bond acceptors (Lipinski definition) is 6. The molecule has 0 fully saturated rings. The molecule has 0 aliphatic heterocycles. The van der Waals surface area contributed by atoms with Crippen molar-refractivity contribution in [2.45, 2.75) is 6.10 Å². The number of carbonyl (C=O) groups is 1. The first-order valence-electron chi connectivity index (χ1n) is 3.68. The van der Waals surface area contributed by atoms with Gasteiger partial charge in [0.25, 0.3) is 5.97 Å². The van der Waals surface area contributed by atoms with Crippen LogP contribution in [0.4, 0.5) is 0 Å². The highest BCUT2D eigenvalue weighted by Crippen LogP contribution is 1.97. The number of nitrogens with zero attached hydrogens (tertiary/aromatic N) is 1. The van der Waals surface area contributed by atoms with E-state index in [-0.39, 0.29) is 6.61 Å². The molecule has 0 rings (SSSR count). The fraction of sp³-hybridized carbons (Fsp3) is 0.833. The Balaban J connectivity index is 3.67. The van der Waals surface area contributed by atoms with Crippen LogP contribution >= 0.6 is 0 Å². The zero-order valence-electron chi connectivity index (χ0n) is 7.58. The minimum absolute atomic E-state index is 0.380. The molecule has 0 amide bonds. The number of ether oxygens (including phenoxy) is 1. The number of sulfonamides is 1. The van der Waals surface area contributed by atoms with Crippen molar-refractivity contribution >= 4 is 16.0 Å². The largest absolute Gasteiger partial charge is 0.540 e. The number of carbonyl (C=O) groups excluding carboxylic acids is 1. The van der Waals surface area contributed by atoms with Gasteiger partial charge in [0.05, 0.1) is 16.6 Å². The molecule has 14 heavy (non-hydrogen) atoms. The smallest absolute Gasteiger partial charge is 0.285 e. The van der Waals surface area contributed by atoms with Gasteiger partial charge in [-0.3, -0.25) is 4.79 Å². The van der Waals surface area contributed by atoms with Crippen molar-refractivity contribution in [2.75, 3.05) is 26.0 Å². The molecule has 0 aliphatic carbocycles. The highest BCUT2D eigenvalue weighted by molar-refractivity contribution is 7.93. The molecular weight excluding hydrogens is 214 g/mol. The predicted molar refractivity (Wildman–Crippen MR) is 47.1 cm³/mol. The molecule has 2 N–H and O–H groups in total. The maximum absolute atomic E-state index is 10.7. The summed E-state index contributed by atoms with van der Waals surface area (Å²) in [4.78, 5) is 10.7. The average Bonchev–Trinajstić information content (AvgIpc) is 2.09. The zero-order chi connectivity index (χ0) is 11.2. The standard InChI is InChI=1S/C6H12NO6S/c1-14(11,12)7-2-6(10)13-4-5(9)3-8/h5,8-9H,2-4H2,1H3/q-1. The Morgan fingerprint density at radius 2 is 2.14 bits per heavy atom. The molecule has 0 aliphatic rings. The minimum Gasteiger partial charge on any atom is -0.540 e. The number of esters is 1. The number of hydrogen-bond donors (Lipinski definition) is 2. The topological polar surface area (TPSA) is 115 Å². The first-order chi connectivity index (χ1) is 6.35. The van der Waals surface area contributed by atoms with Gasteiger partial charge in [0, 0.05) is 6.26 Å².